The summed E-state index contributed by atoms with van der Waals surface area (Å²) in [6.45, 7) is 6.36. The van der Waals surface area contributed by atoms with Crippen LogP contribution in [0.3, 0.4) is 0 Å². The average molecular weight is 244 g/mol. The van der Waals surface area contributed by atoms with Crippen LogP contribution < -0.4 is 5.73 Å². The molecule has 5 nitrogen and oxygen atoms in total. The molecule has 0 aromatic rings. The van der Waals surface area contributed by atoms with Crippen molar-refractivity contribution in [2.24, 2.45) is 11.7 Å². The summed E-state index contributed by atoms with van der Waals surface area (Å²) in [6, 6.07) is 0.00718. The van der Waals surface area contributed by atoms with Crippen molar-refractivity contribution in [3.8, 4) is 0 Å². The van der Waals surface area contributed by atoms with Gasteiger partial charge < -0.3 is 15.7 Å². The number of nitrogens with two attached hydrogens (primary N) is 1. The fourth-order valence-electron chi connectivity index (χ4n) is 1.76. The average Bonchev–Trinajstić information content (AvgIpc) is 2.24. The summed E-state index contributed by atoms with van der Waals surface area (Å²) in [5.41, 5.74) is 5.59. The van der Waals surface area contributed by atoms with Gasteiger partial charge in [-0.1, -0.05) is 13.3 Å². The van der Waals surface area contributed by atoms with Crippen LogP contribution in [-0.4, -0.2) is 41.0 Å². The highest BCUT2D eigenvalue weighted by molar-refractivity contribution is 5.80. The second-order valence-corrected chi connectivity index (χ2v) is 4.49. The van der Waals surface area contributed by atoms with E-state index in [9.17, 15) is 9.59 Å². The number of carboxylic acids is 1. The summed E-state index contributed by atoms with van der Waals surface area (Å²) >= 11 is 0. The highest BCUT2D eigenvalue weighted by atomic mass is 16.4. The minimum absolute atomic E-state index is 0.00718. The monoisotopic (exact) mass is 244 g/mol. The SMILES string of the molecule is CCCC(CN)C(=O)N(CCC(=O)O)C(C)C. The molecular formula is C12H24N2O3. The molecule has 0 aromatic heterocycles. The number of carbonyl (C=O) groups excluding carboxylic acids is 1. The van der Waals surface area contributed by atoms with E-state index >= 15 is 0 Å². The number of hydrogen-bond donors (Lipinski definition) is 2. The second-order valence-electron chi connectivity index (χ2n) is 4.49. The third-order valence-corrected chi connectivity index (χ3v) is 2.74. The van der Waals surface area contributed by atoms with Crippen molar-refractivity contribution in [3.63, 3.8) is 0 Å². The Hall–Kier alpha value is -1.10. The Morgan fingerprint density at radius 1 is 1.35 bits per heavy atom. The molecule has 0 rings (SSSR count). The van der Waals surface area contributed by atoms with Gasteiger partial charge in [0.1, 0.15) is 0 Å². The Balaban J connectivity index is 4.56. The third-order valence-electron chi connectivity index (χ3n) is 2.74. The van der Waals surface area contributed by atoms with Crippen molar-refractivity contribution in [2.45, 2.75) is 46.1 Å². The Labute approximate surface area is 103 Å². The first-order valence-corrected chi connectivity index (χ1v) is 6.16. The van der Waals surface area contributed by atoms with Gasteiger partial charge in [-0.3, -0.25) is 9.59 Å². The van der Waals surface area contributed by atoms with Gasteiger partial charge in [0.2, 0.25) is 5.91 Å². The molecule has 1 atom stereocenters. The van der Waals surface area contributed by atoms with Gasteiger partial charge >= 0.3 is 5.97 Å². The minimum Gasteiger partial charge on any atom is -0.481 e. The maximum atomic E-state index is 12.2. The Morgan fingerprint density at radius 3 is 2.29 bits per heavy atom. The van der Waals surface area contributed by atoms with Crippen LogP contribution in [0.15, 0.2) is 0 Å². The van der Waals surface area contributed by atoms with Crippen LogP contribution in [0.5, 0.6) is 0 Å². The van der Waals surface area contributed by atoms with Gasteiger partial charge in [-0.05, 0) is 20.3 Å². The molecule has 100 valence electrons. The lowest BCUT2D eigenvalue weighted by atomic mass is 10.0. The predicted molar refractivity (Wildman–Crippen MR) is 66.6 cm³/mol. The topological polar surface area (TPSA) is 83.6 Å². The Kier molecular flexibility index (Phi) is 7.54. The van der Waals surface area contributed by atoms with Gasteiger partial charge in [-0.25, -0.2) is 0 Å². The maximum Gasteiger partial charge on any atom is 0.305 e. The van der Waals surface area contributed by atoms with E-state index in [-0.39, 0.29) is 30.8 Å². The van der Waals surface area contributed by atoms with Gasteiger partial charge in [0.15, 0.2) is 0 Å². The third kappa shape index (κ3) is 5.68. The summed E-state index contributed by atoms with van der Waals surface area (Å²) in [7, 11) is 0. The number of rotatable bonds is 8. The van der Waals surface area contributed by atoms with E-state index in [2.05, 4.69) is 0 Å². The van der Waals surface area contributed by atoms with Crippen molar-refractivity contribution >= 4 is 11.9 Å². The predicted octanol–water partition coefficient (Wildman–Crippen LogP) is 1.07. The molecular weight excluding hydrogens is 220 g/mol. The van der Waals surface area contributed by atoms with E-state index in [4.69, 9.17) is 10.8 Å². The first-order valence-electron chi connectivity index (χ1n) is 6.16. The summed E-state index contributed by atoms with van der Waals surface area (Å²) in [4.78, 5) is 24.3. The minimum atomic E-state index is -0.886. The van der Waals surface area contributed by atoms with E-state index in [1.165, 1.54) is 0 Å². The van der Waals surface area contributed by atoms with Gasteiger partial charge in [0.25, 0.3) is 0 Å². The van der Waals surface area contributed by atoms with Crippen LogP contribution >= 0.6 is 0 Å². The fraction of sp³-hybridized carbons (Fsp3) is 0.833. The molecule has 5 heteroatoms. The molecule has 1 unspecified atom stereocenters. The van der Waals surface area contributed by atoms with Crippen LogP contribution in [0.1, 0.15) is 40.0 Å². The molecule has 0 aliphatic carbocycles. The molecule has 0 spiro atoms. The lowest BCUT2D eigenvalue weighted by molar-refractivity contribution is -0.140. The molecule has 0 saturated carbocycles. The number of aliphatic carboxylic acids is 1. The van der Waals surface area contributed by atoms with Crippen LogP contribution in [0.4, 0.5) is 0 Å². The fourth-order valence-corrected chi connectivity index (χ4v) is 1.76. The molecule has 0 radical (unpaired) electrons. The summed E-state index contributed by atoms with van der Waals surface area (Å²) in [5, 5.41) is 8.66. The van der Waals surface area contributed by atoms with E-state index in [1.807, 2.05) is 20.8 Å². The molecule has 0 aromatic carbocycles. The molecule has 17 heavy (non-hydrogen) atoms. The second kappa shape index (κ2) is 8.06. The molecule has 0 heterocycles. The van der Waals surface area contributed by atoms with Crippen molar-refractivity contribution in [3.05, 3.63) is 0 Å². The standard InChI is InChI=1S/C12H24N2O3/c1-4-5-10(8-13)12(17)14(9(2)3)7-6-11(15)16/h9-10H,4-8,13H2,1-3H3,(H,15,16). The molecule has 0 aliphatic heterocycles. The van der Waals surface area contributed by atoms with Crippen molar-refractivity contribution in [1.29, 1.82) is 0 Å². The zero-order valence-electron chi connectivity index (χ0n) is 11.0. The van der Waals surface area contributed by atoms with Crippen molar-refractivity contribution < 1.29 is 14.7 Å². The summed E-state index contributed by atoms with van der Waals surface area (Å²) in [6.07, 6.45) is 1.64. The van der Waals surface area contributed by atoms with Crippen LogP contribution in [0.25, 0.3) is 0 Å². The zero-order valence-corrected chi connectivity index (χ0v) is 11.0. The van der Waals surface area contributed by atoms with Crippen LogP contribution in [0.2, 0.25) is 0 Å². The van der Waals surface area contributed by atoms with Crippen molar-refractivity contribution in [1.82, 2.24) is 4.90 Å². The first-order chi connectivity index (χ1) is 7.93. The van der Waals surface area contributed by atoms with Gasteiger partial charge in [0.05, 0.1) is 12.3 Å². The molecule has 0 bridgehead atoms. The highest BCUT2D eigenvalue weighted by Gasteiger charge is 2.24. The summed E-state index contributed by atoms with van der Waals surface area (Å²) < 4.78 is 0. The smallest absolute Gasteiger partial charge is 0.305 e. The lowest BCUT2D eigenvalue weighted by Crippen LogP contribution is -2.44. The molecule has 0 saturated heterocycles. The van der Waals surface area contributed by atoms with E-state index in [0.29, 0.717) is 6.54 Å². The van der Waals surface area contributed by atoms with E-state index < -0.39 is 5.97 Å². The largest absolute Gasteiger partial charge is 0.481 e. The Bertz CT molecular complexity index is 254. The van der Waals surface area contributed by atoms with Crippen LogP contribution in [0, 0.1) is 5.92 Å². The number of nitrogens with zero attached hydrogens (tertiary/aromatic N) is 1. The number of hydrogen-bond acceptors (Lipinski definition) is 3. The quantitative estimate of drug-likeness (QED) is 0.669. The lowest BCUT2D eigenvalue weighted by Gasteiger charge is -2.29. The van der Waals surface area contributed by atoms with Gasteiger partial charge in [-0.2, -0.15) is 0 Å². The molecule has 1 amide bonds. The van der Waals surface area contributed by atoms with Crippen LogP contribution in [-0.2, 0) is 9.59 Å². The number of carbonyl (C=O) groups is 2. The van der Waals surface area contributed by atoms with Crippen molar-refractivity contribution in [2.75, 3.05) is 13.1 Å². The maximum absolute atomic E-state index is 12.2. The summed E-state index contributed by atoms with van der Waals surface area (Å²) in [5.74, 6) is -1.09. The molecule has 3 N–H and O–H groups in total. The Morgan fingerprint density at radius 2 is 1.94 bits per heavy atom. The number of amides is 1. The van der Waals surface area contributed by atoms with E-state index in [0.717, 1.165) is 12.8 Å². The zero-order chi connectivity index (χ0) is 13.4. The molecule has 0 aliphatic rings. The molecule has 0 fully saturated rings. The number of carboxylic acid groups (broad SMARTS) is 1. The highest BCUT2D eigenvalue weighted by Crippen LogP contribution is 2.12. The van der Waals surface area contributed by atoms with Gasteiger partial charge in [0, 0.05) is 19.1 Å². The normalized spacial score (nSPS) is 12.5. The first kappa shape index (κ1) is 15.9. The van der Waals surface area contributed by atoms with E-state index in [1.54, 1.807) is 4.90 Å². The van der Waals surface area contributed by atoms with Gasteiger partial charge in [-0.15, -0.1) is 0 Å².